The molecule has 0 saturated carbocycles. The van der Waals surface area contributed by atoms with E-state index in [1.807, 2.05) is 20.8 Å². The zero-order valence-electron chi connectivity index (χ0n) is 8.53. The van der Waals surface area contributed by atoms with Crippen molar-refractivity contribution in [2.45, 2.75) is 47.0 Å². The topological polar surface area (TPSA) is 17.1 Å². The Bertz CT molecular complexity index is 228. The predicted octanol–water partition coefficient (Wildman–Crippen LogP) is 3.10. The van der Waals surface area contributed by atoms with Gasteiger partial charge in [-0.25, -0.2) is 0 Å². The summed E-state index contributed by atoms with van der Waals surface area (Å²) in [6.07, 6.45) is 3.29. The molecule has 0 heterocycles. The van der Waals surface area contributed by atoms with Crippen LogP contribution in [0.5, 0.6) is 0 Å². The standard InChI is InChI=1S/C11H18O/c1-8-6-5-7-9(8)10(12)11(2,3)4/h5-7H2,1-4H3. The number of carbonyl (C=O) groups is 1. The summed E-state index contributed by atoms with van der Waals surface area (Å²) < 4.78 is 0. The monoisotopic (exact) mass is 166 g/mol. The van der Waals surface area contributed by atoms with Gasteiger partial charge in [-0.15, -0.1) is 0 Å². The first-order valence-corrected chi connectivity index (χ1v) is 4.66. The van der Waals surface area contributed by atoms with Crippen LogP contribution < -0.4 is 0 Å². The van der Waals surface area contributed by atoms with Crippen LogP contribution >= 0.6 is 0 Å². The molecule has 0 N–H and O–H groups in total. The normalized spacial score (nSPS) is 18.7. The minimum atomic E-state index is -0.194. The Hall–Kier alpha value is -0.590. The van der Waals surface area contributed by atoms with Crippen molar-refractivity contribution >= 4 is 5.78 Å². The van der Waals surface area contributed by atoms with Crippen LogP contribution in [0.3, 0.4) is 0 Å². The Kier molecular flexibility index (Phi) is 2.41. The summed E-state index contributed by atoms with van der Waals surface area (Å²) >= 11 is 0. The van der Waals surface area contributed by atoms with Crippen LogP contribution in [-0.4, -0.2) is 5.78 Å². The predicted molar refractivity (Wildman–Crippen MR) is 51.0 cm³/mol. The van der Waals surface area contributed by atoms with Crippen LogP contribution in [0, 0.1) is 5.41 Å². The lowest BCUT2D eigenvalue weighted by molar-refractivity contribution is -0.122. The third-order valence-corrected chi connectivity index (χ3v) is 2.45. The van der Waals surface area contributed by atoms with Gasteiger partial charge in [-0.2, -0.15) is 0 Å². The molecule has 0 amide bonds. The molecule has 1 aliphatic carbocycles. The van der Waals surface area contributed by atoms with Crippen molar-refractivity contribution in [3.05, 3.63) is 11.1 Å². The van der Waals surface area contributed by atoms with E-state index in [4.69, 9.17) is 0 Å². The van der Waals surface area contributed by atoms with E-state index in [1.165, 1.54) is 12.0 Å². The van der Waals surface area contributed by atoms with Gasteiger partial charge in [0.15, 0.2) is 5.78 Å². The molecule has 1 aliphatic rings. The van der Waals surface area contributed by atoms with Crippen molar-refractivity contribution in [1.29, 1.82) is 0 Å². The van der Waals surface area contributed by atoms with Crippen LogP contribution in [0.2, 0.25) is 0 Å². The maximum atomic E-state index is 11.8. The zero-order valence-corrected chi connectivity index (χ0v) is 8.53. The summed E-state index contributed by atoms with van der Waals surface area (Å²) in [4.78, 5) is 11.8. The molecule has 1 rings (SSSR count). The van der Waals surface area contributed by atoms with E-state index < -0.39 is 0 Å². The second-order valence-electron chi connectivity index (χ2n) is 4.69. The fourth-order valence-electron chi connectivity index (χ4n) is 1.65. The minimum absolute atomic E-state index is 0.194. The number of ketones is 1. The molecule has 12 heavy (non-hydrogen) atoms. The Balaban J connectivity index is 2.85. The highest BCUT2D eigenvalue weighted by Crippen LogP contribution is 2.31. The lowest BCUT2D eigenvalue weighted by Gasteiger charge is -2.17. The molecular formula is C11H18O. The van der Waals surface area contributed by atoms with Crippen LogP contribution in [0.25, 0.3) is 0 Å². The minimum Gasteiger partial charge on any atom is -0.294 e. The highest BCUT2D eigenvalue weighted by Gasteiger charge is 2.27. The molecule has 0 aromatic rings. The highest BCUT2D eigenvalue weighted by atomic mass is 16.1. The molecule has 0 spiro atoms. The largest absolute Gasteiger partial charge is 0.294 e. The van der Waals surface area contributed by atoms with Crippen LogP contribution in [0.4, 0.5) is 0 Å². The molecule has 1 heteroatoms. The molecular weight excluding hydrogens is 148 g/mol. The van der Waals surface area contributed by atoms with Crippen molar-refractivity contribution < 1.29 is 4.79 Å². The Morgan fingerprint density at radius 3 is 2.17 bits per heavy atom. The van der Waals surface area contributed by atoms with Gasteiger partial charge in [0.1, 0.15) is 0 Å². The fraction of sp³-hybridized carbons (Fsp3) is 0.727. The average molecular weight is 166 g/mol. The smallest absolute Gasteiger partial charge is 0.164 e. The van der Waals surface area contributed by atoms with Gasteiger partial charge in [0.25, 0.3) is 0 Å². The molecule has 0 saturated heterocycles. The summed E-state index contributed by atoms with van der Waals surface area (Å²) in [7, 11) is 0. The van der Waals surface area contributed by atoms with Gasteiger partial charge >= 0.3 is 0 Å². The van der Waals surface area contributed by atoms with Gasteiger partial charge in [0, 0.05) is 5.41 Å². The first kappa shape index (κ1) is 9.50. The van der Waals surface area contributed by atoms with Crippen molar-refractivity contribution in [2.24, 2.45) is 5.41 Å². The summed E-state index contributed by atoms with van der Waals surface area (Å²) in [5.74, 6) is 0.345. The van der Waals surface area contributed by atoms with Crippen molar-refractivity contribution in [1.82, 2.24) is 0 Å². The first-order valence-electron chi connectivity index (χ1n) is 4.66. The Labute approximate surface area is 74.9 Å². The lowest BCUT2D eigenvalue weighted by atomic mass is 9.85. The van der Waals surface area contributed by atoms with E-state index >= 15 is 0 Å². The lowest BCUT2D eigenvalue weighted by Crippen LogP contribution is -2.21. The van der Waals surface area contributed by atoms with E-state index in [0.717, 1.165) is 18.4 Å². The van der Waals surface area contributed by atoms with Crippen LogP contribution in [0.15, 0.2) is 11.1 Å². The van der Waals surface area contributed by atoms with Crippen molar-refractivity contribution in [3.8, 4) is 0 Å². The molecule has 0 aromatic carbocycles. The maximum absolute atomic E-state index is 11.8. The second-order valence-corrected chi connectivity index (χ2v) is 4.69. The van der Waals surface area contributed by atoms with Gasteiger partial charge < -0.3 is 0 Å². The molecule has 1 nitrogen and oxygen atoms in total. The molecule has 0 bridgehead atoms. The van der Waals surface area contributed by atoms with E-state index in [0.29, 0.717) is 5.78 Å². The quantitative estimate of drug-likeness (QED) is 0.585. The van der Waals surface area contributed by atoms with Crippen LogP contribution in [0.1, 0.15) is 47.0 Å². The summed E-state index contributed by atoms with van der Waals surface area (Å²) in [6.45, 7) is 8.07. The summed E-state index contributed by atoms with van der Waals surface area (Å²) in [5.41, 5.74) is 2.22. The number of Topliss-reactive ketones (excluding diaryl/α,β-unsaturated/α-hetero) is 1. The van der Waals surface area contributed by atoms with Crippen molar-refractivity contribution in [3.63, 3.8) is 0 Å². The summed E-state index contributed by atoms with van der Waals surface area (Å²) in [6, 6.07) is 0. The highest BCUT2D eigenvalue weighted by molar-refractivity contribution is 6.00. The molecule has 0 aromatic heterocycles. The van der Waals surface area contributed by atoms with E-state index in [-0.39, 0.29) is 5.41 Å². The Morgan fingerprint density at radius 1 is 1.25 bits per heavy atom. The number of hydrogen-bond donors (Lipinski definition) is 0. The van der Waals surface area contributed by atoms with E-state index in [9.17, 15) is 4.79 Å². The van der Waals surface area contributed by atoms with Gasteiger partial charge in [-0.3, -0.25) is 4.79 Å². The van der Waals surface area contributed by atoms with Gasteiger partial charge in [-0.05, 0) is 31.8 Å². The summed E-state index contributed by atoms with van der Waals surface area (Å²) in [5, 5.41) is 0. The number of carbonyl (C=O) groups excluding carboxylic acids is 1. The van der Waals surface area contributed by atoms with E-state index in [1.54, 1.807) is 0 Å². The van der Waals surface area contributed by atoms with Crippen molar-refractivity contribution in [2.75, 3.05) is 0 Å². The van der Waals surface area contributed by atoms with Crippen LogP contribution in [-0.2, 0) is 4.79 Å². The zero-order chi connectivity index (χ0) is 9.35. The molecule has 68 valence electrons. The number of rotatable bonds is 1. The van der Waals surface area contributed by atoms with Gasteiger partial charge in [0.2, 0.25) is 0 Å². The maximum Gasteiger partial charge on any atom is 0.164 e. The van der Waals surface area contributed by atoms with Gasteiger partial charge in [-0.1, -0.05) is 26.3 Å². The van der Waals surface area contributed by atoms with E-state index in [2.05, 4.69) is 6.92 Å². The molecule has 0 unspecified atom stereocenters. The average Bonchev–Trinajstić information content (AvgIpc) is 2.31. The van der Waals surface area contributed by atoms with Gasteiger partial charge in [0.05, 0.1) is 0 Å². The SMILES string of the molecule is CC1=C(C(=O)C(C)(C)C)CCC1. The third-order valence-electron chi connectivity index (χ3n) is 2.45. The Morgan fingerprint density at radius 2 is 1.83 bits per heavy atom. The number of hydrogen-bond acceptors (Lipinski definition) is 1. The number of allylic oxidation sites excluding steroid dienone is 2. The molecule has 0 atom stereocenters. The molecule has 0 aliphatic heterocycles. The molecule has 0 fully saturated rings. The third kappa shape index (κ3) is 1.77. The first-order chi connectivity index (χ1) is 5.43. The fourth-order valence-corrected chi connectivity index (χ4v) is 1.65. The second kappa shape index (κ2) is 3.04. The molecule has 0 radical (unpaired) electrons.